The van der Waals surface area contributed by atoms with Gasteiger partial charge in [-0.3, -0.25) is 9.59 Å². The van der Waals surface area contributed by atoms with Gasteiger partial charge >= 0.3 is 5.97 Å². The van der Waals surface area contributed by atoms with Gasteiger partial charge in [-0.25, -0.2) is 4.79 Å². The summed E-state index contributed by atoms with van der Waals surface area (Å²) in [6.07, 6.45) is -1.09. The van der Waals surface area contributed by atoms with Crippen LogP contribution in [0.1, 0.15) is 19.8 Å². The van der Waals surface area contributed by atoms with Gasteiger partial charge in [0.2, 0.25) is 11.8 Å². The summed E-state index contributed by atoms with van der Waals surface area (Å²) in [5.41, 5.74) is 10.4. The molecule has 3 atom stereocenters. The molecule has 8 nitrogen and oxygen atoms in total. The van der Waals surface area contributed by atoms with Crippen LogP contribution >= 0.6 is 0 Å². The van der Waals surface area contributed by atoms with Crippen molar-refractivity contribution in [2.45, 2.75) is 38.0 Å². The maximum absolute atomic E-state index is 11.6. The van der Waals surface area contributed by atoms with Crippen LogP contribution in [0.25, 0.3) is 0 Å². The third-order valence-electron chi connectivity index (χ3n) is 2.27. The first kappa shape index (κ1) is 16.3. The Morgan fingerprint density at radius 2 is 1.94 bits per heavy atom. The average molecular weight is 261 g/mol. The molecule has 0 bridgehead atoms. The number of carbonyl (C=O) groups excluding carboxylic acids is 3. The van der Waals surface area contributed by atoms with Crippen molar-refractivity contribution >= 4 is 17.8 Å². The molecular formula is C10H19N3O5. The second kappa shape index (κ2) is 7.62. The minimum absolute atomic E-state index is 0.0356. The van der Waals surface area contributed by atoms with E-state index in [0.29, 0.717) is 0 Å². The van der Waals surface area contributed by atoms with E-state index in [-0.39, 0.29) is 12.8 Å². The van der Waals surface area contributed by atoms with Gasteiger partial charge in [-0.2, -0.15) is 0 Å². The van der Waals surface area contributed by atoms with Gasteiger partial charge in [-0.1, -0.05) is 0 Å². The summed E-state index contributed by atoms with van der Waals surface area (Å²) < 4.78 is 4.42. The van der Waals surface area contributed by atoms with Crippen molar-refractivity contribution in [1.29, 1.82) is 0 Å². The van der Waals surface area contributed by atoms with Crippen molar-refractivity contribution in [3.8, 4) is 0 Å². The molecule has 0 aromatic heterocycles. The minimum atomic E-state index is -1.19. The van der Waals surface area contributed by atoms with Gasteiger partial charge in [0.05, 0.1) is 19.3 Å². The second-order valence-electron chi connectivity index (χ2n) is 3.86. The molecule has 0 aromatic carbocycles. The number of primary amides is 1. The lowest BCUT2D eigenvalue weighted by molar-refractivity contribution is -0.148. The Morgan fingerprint density at radius 1 is 1.39 bits per heavy atom. The Morgan fingerprint density at radius 3 is 2.33 bits per heavy atom. The predicted molar refractivity (Wildman–Crippen MR) is 62.0 cm³/mol. The molecule has 0 aliphatic carbocycles. The molecule has 0 saturated heterocycles. The standard InChI is InChI=1S/C10H19N3O5/c1-5(14)8(10(17)18-2)13-9(16)6(11)3-4-7(12)15/h5-6,8,14H,3-4,11H2,1-2H3,(H2,12,15)(H,13,16)/t5-,6+,8+/m1/s1. The summed E-state index contributed by atoms with van der Waals surface area (Å²) in [4.78, 5) is 33.4. The number of hydrogen-bond donors (Lipinski definition) is 4. The first-order chi connectivity index (χ1) is 8.29. The quantitative estimate of drug-likeness (QED) is 0.376. The third-order valence-corrected chi connectivity index (χ3v) is 2.27. The summed E-state index contributed by atoms with van der Waals surface area (Å²) in [6, 6.07) is -2.18. The van der Waals surface area contributed by atoms with Gasteiger partial charge in [-0.05, 0) is 13.3 Å². The van der Waals surface area contributed by atoms with Crippen LogP contribution in [0.4, 0.5) is 0 Å². The molecule has 0 saturated carbocycles. The topological polar surface area (TPSA) is 145 Å². The molecule has 8 heteroatoms. The molecule has 18 heavy (non-hydrogen) atoms. The summed E-state index contributed by atoms with van der Waals surface area (Å²) in [7, 11) is 1.14. The van der Waals surface area contributed by atoms with Crippen LogP contribution in [0, 0.1) is 0 Å². The highest BCUT2D eigenvalue weighted by molar-refractivity contribution is 5.88. The van der Waals surface area contributed by atoms with Gasteiger partial charge in [0, 0.05) is 6.42 Å². The minimum Gasteiger partial charge on any atom is -0.467 e. The number of aliphatic hydroxyl groups is 1. The first-order valence-electron chi connectivity index (χ1n) is 5.39. The zero-order valence-corrected chi connectivity index (χ0v) is 10.4. The van der Waals surface area contributed by atoms with Crippen LogP contribution in [0.2, 0.25) is 0 Å². The van der Waals surface area contributed by atoms with Crippen LogP contribution in [0.15, 0.2) is 0 Å². The number of nitrogens with two attached hydrogens (primary N) is 2. The molecule has 6 N–H and O–H groups in total. The highest BCUT2D eigenvalue weighted by atomic mass is 16.5. The number of ether oxygens (including phenoxy) is 1. The lowest BCUT2D eigenvalue weighted by Crippen LogP contribution is -2.53. The smallest absolute Gasteiger partial charge is 0.331 e. The molecule has 0 aliphatic heterocycles. The van der Waals surface area contributed by atoms with Crippen molar-refractivity contribution in [3.05, 3.63) is 0 Å². The predicted octanol–water partition coefficient (Wildman–Crippen LogP) is -2.38. The summed E-state index contributed by atoms with van der Waals surface area (Å²) in [6.45, 7) is 1.33. The number of rotatable bonds is 7. The van der Waals surface area contributed by atoms with Crippen LogP contribution in [0.5, 0.6) is 0 Å². The molecule has 0 radical (unpaired) electrons. The molecule has 0 aromatic rings. The highest BCUT2D eigenvalue weighted by Gasteiger charge is 2.28. The lowest BCUT2D eigenvalue weighted by Gasteiger charge is -2.20. The fourth-order valence-corrected chi connectivity index (χ4v) is 1.19. The van der Waals surface area contributed by atoms with Crippen LogP contribution < -0.4 is 16.8 Å². The SMILES string of the molecule is COC(=O)[C@@H](NC(=O)[C@@H](N)CCC(N)=O)[C@@H](C)O. The van der Waals surface area contributed by atoms with Crippen molar-refractivity contribution in [1.82, 2.24) is 5.32 Å². The summed E-state index contributed by atoms with van der Waals surface area (Å²) in [5, 5.41) is 11.6. The molecule has 0 unspecified atom stereocenters. The van der Waals surface area contributed by atoms with Crippen LogP contribution in [-0.4, -0.2) is 48.2 Å². The lowest BCUT2D eigenvalue weighted by atomic mass is 10.1. The van der Waals surface area contributed by atoms with Crippen molar-refractivity contribution in [3.63, 3.8) is 0 Å². The maximum atomic E-state index is 11.6. The highest BCUT2D eigenvalue weighted by Crippen LogP contribution is 1.99. The van der Waals surface area contributed by atoms with Crippen LogP contribution in [-0.2, 0) is 19.1 Å². The van der Waals surface area contributed by atoms with E-state index in [1.165, 1.54) is 6.92 Å². The Labute approximate surface area is 105 Å². The molecule has 2 amide bonds. The number of nitrogens with one attached hydrogen (secondary N) is 1. The van der Waals surface area contributed by atoms with E-state index in [1.54, 1.807) is 0 Å². The van der Waals surface area contributed by atoms with E-state index < -0.39 is 36.0 Å². The van der Waals surface area contributed by atoms with Gasteiger partial charge in [0.1, 0.15) is 0 Å². The number of esters is 1. The average Bonchev–Trinajstić information content (AvgIpc) is 2.30. The molecule has 0 heterocycles. The van der Waals surface area contributed by atoms with Crippen molar-refractivity contribution < 1.29 is 24.2 Å². The van der Waals surface area contributed by atoms with Crippen LogP contribution in [0.3, 0.4) is 0 Å². The van der Waals surface area contributed by atoms with E-state index in [1.807, 2.05) is 0 Å². The van der Waals surface area contributed by atoms with E-state index in [2.05, 4.69) is 10.1 Å². The van der Waals surface area contributed by atoms with E-state index in [9.17, 15) is 19.5 Å². The number of carbonyl (C=O) groups is 3. The fourth-order valence-electron chi connectivity index (χ4n) is 1.19. The molecule has 0 rings (SSSR count). The van der Waals surface area contributed by atoms with Gasteiger partial charge in [0.15, 0.2) is 6.04 Å². The van der Waals surface area contributed by atoms with Gasteiger partial charge < -0.3 is 26.6 Å². The normalized spacial score (nSPS) is 15.3. The van der Waals surface area contributed by atoms with E-state index in [4.69, 9.17) is 11.5 Å². The van der Waals surface area contributed by atoms with Gasteiger partial charge in [-0.15, -0.1) is 0 Å². The van der Waals surface area contributed by atoms with Gasteiger partial charge in [0.25, 0.3) is 0 Å². The largest absolute Gasteiger partial charge is 0.467 e. The second-order valence-corrected chi connectivity index (χ2v) is 3.86. The Balaban J connectivity index is 4.41. The summed E-state index contributed by atoms with van der Waals surface area (Å²) >= 11 is 0. The first-order valence-corrected chi connectivity index (χ1v) is 5.39. The molecule has 0 aliphatic rings. The van der Waals surface area contributed by atoms with E-state index >= 15 is 0 Å². The van der Waals surface area contributed by atoms with Crippen molar-refractivity contribution in [2.75, 3.05) is 7.11 Å². The molecular weight excluding hydrogens is 242 g/mol. The fraction of sp³-hybridized carbons (Fsp3) is 0.700. The Bertz CT molecular complexity index is 319. The monoisotopic (exact) mass is 261 g/mol. The zero-order valence-electron chi connectivity index (χ0n) is 10.4. The third kappa shape index (κ3) is 5.60. The Kier molecular flexibility index (Phi) is 6.91. The summed E-state index contributed by atoms with van der Waals surface area (Å²) in [5.74, 6) is -2.01. The Hall–Kier alpha value is -1.67. The molecule has 104 valence electrons. The number of aliphatic hydroxyl groups excluding tert-OH is 1. The number of amides is 2. The number of methoxy groups -OCH3 is 1. The number of hydrogen-bond acceptors (Lipinski definition) is 6. The molecule has 0 spiro atoms. The maximum Gasteiger partial charge on any atom is 0.331 e. The van der Waals surface area contributed by atoms with Crippen molar-refractivity contribution in [2.24, 2.45) is 11.5 Å². The van der Waals surface area contributed by atoms with E-state index in [0.717, 1.165) is 7.11 Å². The zero-order chi connectivity index (χ0) is 14.3. The molecule has 0 fully saturated rings.